The minimum Gasteiger partial charge on any atom is -0.481 e. The molecule has 6 heteroatoms. The fraction of sp³-hybridized carbons (Fsp3) is 0.302. The van der Waals surface area contributed by atoms with Gasteiger partial charge in [-0.25, -0.2) is 0 Å². The lowest BCUT2D eigenvalue weighted by molar-refractivity contribution is -0.440. The summed E-state index contributed by atoms with van der Waals surface area (Å²) < 4.78 is 2.26. The fourth-order valence-corrected chi connectivity index (χ4v) is 8.74. The van der Waals surface area contributed by atoms with Crippen molar-refractivity contribution in [2.45, 2.75) is 64.2 Å². The molecule has 0 fully saturated rings. The quantitative estimate of drug-likeness (QED) is 0.183. The Bertz CT molecular complexity index is 2160. The molecule has 0 atom stereocenters. The molecule has 0 unspecified atom stereocenters. The van der Waals surface area contributed by atoms with Crippen molar-refractivity contribution in [1.82, 2.24) is 0 Å². The predicted molar refractivity (Wildman–Crippen MR) is 202 cm³/mol. The van der Waals surface area contributed by atoms with E-state index in [1.54, 1.807) is 0 Å². The van der Waals surface area contributed by atoms with Gasteiger partial charge in [0.05, 0.1) is 11.8 Å². The number of β-amino-alcohol motifs (C(OH)–C–C–N with tert-alkyl or cyclic N) is 1. The lowest BCUT2D eigenvalue weighted by atomic mass is 9.78. The third-order valence-electron chi connectivity index (χ3n) is 10.7. The van der Waals surface area contributed by atoms with E-state index in [-0.39, 0.29) is 23.9 Å². The summed E-state index contributed by atoms with van der Waals surface area (Å²) in [6, 6.07) is 25.6. The molecule has 2 heterocycles. The van der Waals surface area contributed by atoms with Crippen molar-refractivity contribution >= 4 is 56.2 Å². The molecule has 4 aromatic carbocycles. The zero-order valence-corrected chi connectivity index (χ0v) is 29.5. The Morgan fingerprint density at radius 1 is 0.857 bits per heavy atom. The number of nitrogens with zero attached hydrogens (tertiary/aromatic N) is 2. The molecule has 0 radical (unpaired) electrons. The number of aliphatic hydroxyl groups is 1. The minimum absolute atomic E-state index is 0.0496. The van der Waals surface area contributed by atoms with E-state index in [4.69, 9.17) is 11.6 Å². The summed E-state index contributed by atoms with van der Waals surface area (Å²) in [4.78, 5) is 13.9. The molecule has 2 N–H and O–H groups in total. The highest BCUT2D eigenvalue weighted by Gasteiger charge is 2.45. The summed E-state index contributed by atoms with van der Waals surface area (Å²) >= 11 is 7.21. The minimum atomic E-state index is -0.809. The highest BCUT2D eigenvalue weighted by atomic mass is 35.5. The fourth-order valence-electron chi connectivity index (χ4n) is 8.43. The van der Waals surface area contributed by atoms with Gasteiger partial charge in [0.15, 0.2) is 12.3 Å². The van der Waals surface area contributed by atoms with Crippen LogP contribution in [0.4, 0.5) is 11.4 Å². The van der Waals surface area contributed by atoms with Crippen LogP contribution in [-0.2, 0) is 15.6 Å². The molecule has 0 amide bonds. The van der Waals surface area contributed by atoms with Gasteiger partial charge in [-0.05, 0) is 89.6 Å². The second-order valence-corrected chi connectivity index (χ2v) is 14.8. The number of carboxylic acids is 1. The van der Waals surface area contributed by atoms with Gasteiger partial charge in [0.2, 0.25) is 5.69 Å². The predicted octanol–water partition coefficient (Wildman–Crippen LogP) is 9.68. The lowest BCUT2D eigenvalue weighted by Gasteiger charge is -2.27. The number of aliphatic hydroxyl groups excluding tert-OH is 1. The number of fused-ring (bicyclic) bond motifs is 6. The number of hydrogen-bond acceptors (Lipinski definition) is 3. The van der Waals surface area contributed by atoms with Crippen molar-refractivity contribution in [1.29, 1.82) is 0 Å². The zero-order valence-electron chi connectivity index (χ0n) is 28.8. The average Bonchev–Trinajstić information content (AvgIpc) is 3.44. The van der Waals surface area contributed by atoms with Crippen LogP contribution in [0, 0.1) is 0 Å². The number of aliphatic carboxylic acids is 1. The van der Waals surface area contributed by atoms with E-state index in [1.165, 1.54) is 32.7 Å². The van der Waals surface area contributed by atoms with Crippen molar-refractivity contribution < 1.29 is 19.6 Å². The van der Waals surface area contributed by atoms with Gasteiger partial charge in [-0.15, -0.1) is 0 Å². The molecular formula is C43H44ClN2O3+. The second kappa shape index (κ2) is 12.8. The first-order valence-corrected chi connectivity index (χ1v) is 17.7. The maximum Gasteiger partial charge on any atom is 0.305 e. The normalized spacial score (nSPS) is 20.0. The number of hydrogen-bond donors (Lipinski definition) is 2. The molecule has 2 aliphatic heterocycles. The van der Waals surface area contributed by atoms with Crippen LogP contribution in [0.1, 0.15) is 64.5 Å². The molecule has 49 heavy (non-hydrogen) atoms. The maximum absolute atomic E-state index is 11.7. The van der Waals surface area contributed by atoms with Crippen molar-refractivity contribution in [3.05, 3.63) is 130 Å². The van der Waals surface area contributed by atoms with Crippen LogP contribution < -0.4 is 4.90 Å². The monoisotopic (exact) mass is 671 g/mol. The second-order valence-electron chi connectivity index (χ2n) is 14.4. The number of anilines is 1. The molecule has 0 aromatic heterocycles. The standard InChI is InChI=1S/C43H43ClN2O3/c1-42(2)36(45(25-24-38(48)49)34-20-16-28-10-5-7-14-32(28)39(34)42)22-18-30-12-9-13-31(41(30)44)19-23-37-43(3,4)40-33-15-8-6-11-29(33)17-21-35(40)46(37)26-27-47/h5-8,10-11,14-23,47H,9,12-13,24-27H2,1-4H3/p+1. The Hall–Kier alpha value is -4.45. The van der Waals surface area contributed by atoms with E-state index in [0.29, 0.717) is 13.1 Å². The van der Waals surface area contributed by atoms with E-state index in [9.17, 15) is 15.0 Å². The summed E-state index contributed by atoms with van der Waals surface area (Å²) in [6.07, 6.45) is 11.5. The van der Waals surface area contributed by atoms with Gasteiger partial charge in [-0.2, -0.15) is 4.58 Å². The molecular weight excluding hydrogens is 628 g/mol. The Morgan fingerprint density at radius 3 is 2.22 bits per heavy atom. The molecule has 0 saturated heterocycles. The van der Waals surface area contributed by atoms with Crippen molar-refractivity contribution in [2.75, 3.05) is 24.6 Å². The van der Waals surface area contributed by atoms with Gasteiger partial charge >= 0.3 is 5.97 Å². The van der Waals surface area contributed by atoms with Gasteiger partial charge in [0.1, 0.15) is 6.61 Å². The number of rotatable bonds is 8. The van der Waals surface area contributed by atoms with Gasteiger partial charge in [-0.1, -0.05) is 92.2 Å². The van der Waals surface area contributed by atoms with Gasteiger partial charge in [0, 0.05) is 46.1 Å². The van der Waals surface area contributed by atoms with Crippen molar-refractivity contribution in [3.63, 3.8) is 0 Å². The number of benzene rings is 4. The Morgan fingerprint density at radius 2 is 1.53 bits per heavy atom. The molecule has 0 bridgehead atoms. The van der Waals surface area contributed by atoms with E-state index in [1.807, 2.05) is 0 Å². The summed E-state index contributed by atoms with van der Waals surface area (Å²) in [5.74, 6) is -0.809. The van der Waals surface area contributed by atoms with Crippen LogP contribution >= 0.6 is 11.6 Å². The van der Waals surface area contributed by atoms with Gasteiger partial charge in [-0.3, -0.25) is 4.79 Å². The van der Waals surface area contributed by atoms with Crippen LogP contribution in [0.15, 0.2) is 119 Å². The molecule has 5 nitrogen and oxygen atoms in total. The van der Waals surface area contributed by atoms with Crippen molar-refractivity contribution in [3.8, 4) is 0 Å². The topological polar surface area (TPSA) is 63.8 Å². The summed E-state index contributed by atoms with van der Waals surface area (Å²) in [6.45, 7) is 9.98. The van der Waals surface area contributed by atoms with Gasteiger partial charge in [0.25, 0.3) is 0 Å². The highest BCUT2D eigenvalue weighted by molar-refractivity contribution is 6.32. The average molecular weight is 672 g/mol. The number of carbonyl (C=O) groups is 1. The summed E-state index contributed by atoms with van der Waals surface area (Å²) in [5.41, 5.74) is 8.55. The molecule has 4 aromatic rings. The largest absolute Gasteiger partial charge is 0.481 e. The molecule has 7 rings (SSSR count). The zero-order chi connectivity index (χ0) is 34.5. The maximum atomic E-state index is 11.7. The summed E-state index contributed by atoms with van der Waals surface area (Å²) in [7, 11) is 0. The molecule has 1 aliphatic carbocycles. The van der Waals surface area contributed by atoms with Crippen LogP contribution in [0.2, 0.25) is 0 Å². The Kier molecular flexibility index (Phi) is 8.62. The third-order valence-corrected chi connectivity index (χ3v) is 11.2. The first-order chi connectivity index (χ1) is 23.5. The number of allylic oxidation sites excluding steroid dienone is 8. The van der Waals surface area contributed by atoms with Crippen LogP contribution in [0.25, 0.3) is 21.5 Å². The summed E-state index contributed by atoms with van der Waals surface area (Å²) in [5, 5.41) is 25.3. The van der Waals surface area contributed by atoms with Crippen LogP contribution in [0.5, 0.6) is 0 Å². The molecule has 0 saturated carbocycles. The van der Waals surface area contributed by atoms with E-state index in [0.717, 1.165) is 58.2 Å². The molecule has 250 valence electrons. The number of carboxylic acid groups (broad SMARTS) is 1. The third kappa shape index (κ3) is 5.63. The molecule has 0 spiro atoms. The highest BCUT2D eigenvalue weighted by Crippen LogP contribution is 2.51. The van der Waals surface area contributed by atoms with E-state index >= 15 is 0 Å². The molecule has 3 aliphatic rings. The van der Waals surface area contributed by atoms with E-state index in [2.05, 4.69) is 134 Å². The Labute approximate surface area is 293 Å². The van der Waals surface area contributed by atoms with Crippen molar-refractivity contribution in [2.24, 2.45) is 0 Å². The first kappa shape index (κ1) is 33.1. The van der Waals surface area contributed by atoms with E-state index < -0.39 is 5.97 Å². The smallest absolute Gasteiger partial charge is 0.305 e. The number of halogens is 1. The first-order valence-electron chi connectivity index (χ1n) is 17.3. The Balaban J connectivity index is 1.26. The van der Waals surface area contributed by atoms with Crippen LogP contribution in [-0.4, -0.2) is 46.2 Å². The SMILES string of the molecule is CC1(C)C(/C=C/C2=C(Cl)C(=C/C=C3/N(CCC(=O)O)c4ccc5ccccc5c4C3(C)C)/CCC2)=[N+](CCO)c2ccc3ccccc3c21. The van der Waals surface area contributed by atoms with Gasteiger partial charge < -0.3 is 15.1 Å². The lowest BCUT2D eigenvalue weighted by Crippen LogP contribution is -2.28. The van der Waals surface area contributed by atoms with Crippen LogP contribution in [0.3, 0.4) is 0 Å².